The fraction of sp³-hybridized carbons (Fsp3) is 0.600. The minimum absolute atomic E-state index is 0. The molecule has 0 spiro atoms. The number of methoxy groups -OCH3 is 2. The SMILES string of the molecule is COc1ccc(S(=O)(=O)NCC2(N)CCCCC2)cc1OC.Cl. The third-order valence-electron chi connectivity index (χ3n) is 4.13. The molecule has 0 atom stereocenters. The first kappa shape index (κ1) is 20.0. The van der Waals surface area contributed by atoms with Crippen LogP contribution in [0, 0.1) is 0 Å². The van der Waals surface area contributed by atoms with Gasteiger partial charge >= 0.3 is 0 Å². The van der Waals surface area contributed by atoms with Crippen LogP contribution in [0.5, 0.6) is 11.5 Å². The fourth-order valence-electron chi connectivity index (χ4n) is 2.74. The summed E-state index contributed by atoms with van der Waals surface area (Å²) in [6.07, 6.45) is 4.97. The summed E-state index contributed by atoms with van der Waals surface area (Å²) in [5.41, 5.74) is 5.83. The van der Waals surface area contributed by atoms with Gasteiger partial charge in [-0.05, 0) is 25.0 Å². The van der Waals surface area contributed by atoms with E-state index in [9.17, 15) is 8.42 Å². The minimum Gasteiger partial charge on any atom is -0.493 e. The number of nitrogens with two attached hydrogens (primary N) is 1. The number of hydrogen-bond acceptors (Lipinski definition) is 5. The zero-order valence-corrected chi connectivity index (χ0v) is 15.1. The minimum atomic E-state index is -3.62. The van der Waals surface area contributed by atoms with Crippen molar-refractivity contribution in [3.05, 3.63) is 18.2 Å². The summed E-state index contributed by atoms with van der Waals surface area (Å²) in [6.45, 7) is 0.254. The van der Waals surface area contributed by atoms with Gasteiger partial charge in [-0.1, -0.05) is 19.3 Å². The highest BCUT2D eigenvalue weighted by molar-refractivity contribution is 7.89. The Balaban J connectivity index is 0.00000264. The van der Waals surface area contributed by atoms with E-state index in [1.807, 2.05) is 0 Å². The van der Waals surface area contributed by atoms with Gasteiger partial charge in [0.15, 0.2) is 11.5 Å². The van der Waals surface area contributed by atoms with Gasteiger partial charge in [-0.2, -0.15) is 0 Å². The van der Waals surface area contributed by atoms with Crippen LogP contribution in [0.15, 0.2) is 23.1 Å². The van der Waals surface area contributed by atoms with Crippen LogP contribution < -0.4 is 19.9 Å². The van der Waals surface area contributed by atoms with Crippen LogP contribution in [0.3, 0.4) is 0 Å². The lowest BCUT2D eigenvalue weighted by molar-refractivity contribution is 0.296. The van der Waals surface area contributed by atoms with Crippen molar-refractivity contribution >= 4 is 22.4 Å². The molecule has 1 fully saturated rings. The Labute approximate surface area is 144 Å². The quantitative estimate of drug-likeness (QED) is 0.806. The standard InChI is InChI=1S/C15H24N2O4S.ClH/c1-20-13-7-6-12(10-14(13)21-2)22(18,19)17-11-15(16)8-4-3-5-9-15;/h6-7,10,17H,3-5,8-9,11,16H2,1-2H3;1H. The van der Waals surface area contributed by atoms with E-state index < -0.39 is 15.6 Å². The first-order chi connectivity index (χ1) is 10.4. The second-order valence-electron chi connectivity index (χ2n) is 5.76. The van der Waals surface area contributed by atoms with Crippen molar-refractivity contribution in [3.8, 4) is 11.5 Å². The Morgan fingerprint density at radius 2 is 1.74 bits per heavy atom. The first-order valence-corrected chi connectivity index (χ1v) is 8.89. The summed E-state index contributed by atoms with van der Waals surface area (Å²) in [6, 6.07) is 4.52. The molecule has 6 nitrogen and oxygen atoms in total. The molecule has 1 aromatic carbocycles. The molecule has 1 aliphatic carbocycles. The van der Waals surface area contributed by atoms with Crippen LogP contribution in [0.4, 0.5) is 0 Å². The molecule has 3 N–H and O–H groups in total. The summed E-state index contributed by atoms with van der Waals surface area (Å²) in [4.78, 5) is 0.143. The molecular formula is C15H25ClN2O4S. The van der Waals surface area contributed by atoms with Gasteiger partial charge in [-0.3, -0.25) is 0 Å². The van der Waals surface area contributed by atoms with Crippen LogP contribution in [0.1, 0.15) is 32.1 Å². The highest BCUT2D eigenvalue weighted by Crippen LogP contribution is 2.30. The van der Waals surface area contributed by atoms with Crippen molar-refractivity contribution in [2.75, 3.05) is 20.8 Å². The lowest BCUT2D eigenvalue weighted by Gasteiger charge is -2.33. The molecule has 0 unspecified atom stereocenters. The maximum Gasteiger partial charge on any atom is 0.240 e. The van der Waals surface area contributed by atoms with Gasteiger partial charge in [0.1, 0.15) is 0 Å². The van der Waals surface area contributed by atoms with Gasteiger partial charge in [-0.15, -0.1) is 12.4 Å². The van der Waals surface area contributed by atoms with Gasteiger partial charge in [0.2, 0.25) is 10.0 Å². The third-order valence-corrected chi connectivity index (χ3v) is 5.53. The van der Waals surface area contributed by atoms with E-state index in [-0.39, 0.29) is 23.8 Å². The molecule has 0 aromatic heterocycles. The number of benzene rings is 1. The van der Waals surface area contributed by atoms with Crippen LogP contribution >= 0.6 is 12.4 Å². The number of rotatable bonds is 6. The molecule has 1 aromatic rings. The van der Waals surface area contributed by atoms with E-state index in [1.165, 1.54) is 32.8 Å². The Morgan fingerprint density at radius 3 is 2.30 bits per heavy atom. The van der Waals surface area contributed by atoms with Crippen LogP contribution in [-0.2, 0) is 10.0 Å². The maximum absolute atomic E-state index is 12.4. The van der Waals surface area contributed by atoms with E-state index in [0.29, 0.717) is 11.5 Å². The lowest BCUT2D eigenvalue weighted by atomic mass is 9.83. The van der Waals surface area contributed by atoms with Crippen molar-refractivity contribution in [2.24, 2.45) is 5.73 Å². The molecule has 1 aliphatic rings. The van der Waals surface area contributed by atoms with Gasteiger partial charge in [0.25, 0.3) is 0 Å². The van der Waals surface area contributed by atoms with Gasteiger partial charge < -0.3 is 15.2 Å². The highest BCUT2D eigenvalue weighted by atomic mass is 35.5. The topological polar surface area (TPSA) is 90.7 Å². The van der Waals surface area contributed by atoms with Crippen molar-refractivity contribution in [3.63, 3.8) is 0 Å². The average Bonchev–Trinajstić information content (AvgIpc) is 2.53. The smallest absolute Gasteiger partial charge is 0.240 e. The Bertz CT molecular complexity index is 616. The predicted molar refractivity (Wildman–Crippen MR) is 92.0 cm³/mol. The molecule has 0 aliphatic heterocycles. The normalized spacial score (nSPS) is 17.2. The molecular weight excluding hydrogens is 340 g/mol. The molecule has 2 rings (SSSR count). The monoisotopic (exact) mass is 364 g/mol. The second-order valence-corrected chi connectivity index (χ2v) is 7.53. The molecule has 0 radical (unpaired) electrons. The highest BCUT2D eigenvalue weighted by Gasteiger charge is 2.29. The van der Waals surface area contributed by atoms with Crippen LogP contribution in [-0.4, -0.2) is 34.7 Å². The summed E-state index contributed by atoms with van der Waals surface area (Å²) >= 11 is 0. The molecule has 0 bridgehead atoms. The predicted octanol–water partition coefficient (Wildman–Crippen LogP) is 2.07. The zero-order valence-electron chi connectivity index (χ0n) is 13.5. The van der Waals surface area contributed by atoms with Gasteiger partial charge in [-0.25, -0.2) is 13.1 Å². The van der Waals surface area contributed by atoms with E-state index >= 15 is 0 Å². The largest absolute Gasteiger partial charge is 0.493 e. The number of sulfonamides is 1. The molecule has 1 saturated carbocycles. The lowest BCUT2D eigenvalue weighted by Crippen LogP contribution is -2.51. The first-order valence-electron chi connectivity index (χ1n) is 7.41. The van der Waals surface area contributed by atoms with Crippen LogP contribution in [0.2, 0.25) is 0 Å². The molecule has 8 heteroatoms. The van der Waals surface area contributed by atoms with Crippen molar-refractivity contribution in [1.29, 1.82) is 0 Å². The number of nitrogens with one attached hydrogen (secondary N) is 1. The number of ether oxygens (including phenoxy) is 2. The average molecular weight is 365 g/mol. The third kappa shape index (κ3) is 4.97. The molecule has 0 saturated heterocycles. The van der Waals surface area contributed by atoms with E-state index in [4.69, 9.17) is 15.2 Å². The van der Waals surface area contributed by atoms with Crippen molar-refractivity contribution < 1.29 is 17.9 Å². The Kier molecular flexibility index (Phi) is 7.13. The molecule has 0 heterocycles. The fourth-order valence-corrected chi connectivity index (χ4v) is 3.89. The molecule has 0 amide bonds. The van der Waals surface area contributed by atoms with Crippen molar-refractivity contribution in [2.45, 2.75) is 42.5 Å². The summed E-state index contributed by atoms with van der Waals surface area (Å²) < 4.78 is 37.7. The molecule has 23 heavy (non-hydrogen) atoms. The molecule has 132 valence electrons. The van der Waals surface area contributed by atoms with Crippen molar-refractivity contribution in [1.82, 2.24) is 4.72 Å². The van der Waals surface area contributed by atoms with E-state index in [0.717, 1.165) is 25.7 Å². The summed E-state index contributed by atoms with van der Waals surface area (Å²) in [7, 11) is -0.645. The number of hydrogen-bond donors (Lipinski definition) is 2. The Hall–Kier alpha value is -1.02. The summed E-state index contributed by atoms with van der Waals surface area (Å²) in [5, 5.41) is 0. The summed E-state index contributed by atoms with van der Waals surface area (Å²) in [5.74, 6) is 0.870. The zero-order chi connectivity index (χ0) is 16.2. The number of halogens is 1. The van der Waals surface area contributed by atoms with Gasteiger partial charge in [0, 0.05) is 18.2 Å². The van der Waals surface area contributed by atoms with E-state index in [1.54, 1.807) is 6.07 Å². The van der Waals surface area contributed by atoms with Crippen LogP contribution in [0.25, 0.3) is 0 Å². The maximum atomic E-state index is 12.4. The Morgan fingerprint density at radius 1 is 1.13 bits per heavy atom. The van der Waals surface area contributed by atoms with Gasteiger partial charge in [0.05, 0.1) is 19.1 Å². The van der Waals surface area contributed by atoms with E-state index in [2.05, 4.69) is 4.72 Å². The second kappa shape index (κ2) is 8.19.